The predicted octanol–water partition coefficient (Wildman–Crippen LogP) is 10.9. The number of esters is 2. The Balaban J connectivity index is 1.17. The number of hydrogen-bond donors (Lipinski definition) is 0. The standard InChI is InChI=1S/C46H47NO4/c1-34-19-24-44(33-35(34)2)47(42-25-20-38(21-26-42)17-11-29-50-45(48)36(3)31-40-13-7-5-8-14-40)43-27-22-39(23-28-43)18-12-30-51-46(49)37(4)32-41-15-9-6-10-16-41/h5-10,13-16,19-28,31-33H,11-12,17-18,29-30H2,1-4H3. The summed E-state index contributed by atoms with van der Waals surface area (Å²) < 4.78 is 11.1. The minimum Gasteiger partial charge on any atom is -0.462 e. The first-order chi connectivity index (χ1) is 24.8. The van der Waals surface area contributed by atoms with Crippen LogP contribution >= 0.6 is 0 Å². The Morgan fingerprint density at radius 3 is 1.35 bits per heavy atom. The van der Waals surface area contributed by atoms with E-state index in [9.17, 15) is 9.59 Å². The topological polar surface area (TPSA) is 55.8 Å². The molecule has 0 aliphatic rings. The molecule has 51 heavy (non-hydrogen) atoms. The molecule has 0 fully saturated rings. The highest BCUT2D eigenvalue weighted by molar-refractivity contribution is 5.93. The number of carbonyl (C=O) groups is 2. The molecule has 0 aliphatic heterocycles. The highest BCUT2D eigenvalue weighted by Gasteiger charge is 2.14. The van der Waals surface area contributed by atoms with Crippen molar-refractivity contribution in [3.63, 3.8) is 0 Å². The Labute approximate surface area is 302 Å². The number of anilines is 3. The van der Waals surface area contributed by atoms with Gasteiger partial charge in [-0.25, -0.2) is 9.59 Å². The summed E-state index contributed by atoms with van der Waals surface area (Å²) >= 11 is 0. The third-order valence-electron chi connectivity index (χ3n) is 8.83. The summed E-state index contributed by atoms with van der Waals surface area (Å²) in [5, 5.41) is 0. The highest BCUT2D eigenvalue weighted by atomic mass is 16.5. The predicted molar refractivity (Wildman–Crippen MR) is 209 cm³/mol. The van der Waals surface area contributed by atoms with Gasteiger partial charge in [0.05, 0.1) is 13.2 Å². The zero-order chi connectivity index (χ0) is 36.0. The quantitative estimate of drug-likeness (QED) is 0.0627. The first kappa shape index (κ1) is 36.6. The Morgan fingerprint density at radius 2 is 0.941 bits per heavy atom. The molecular formula is C46H47NO4. The van der Waals surface area contributed by atoms with Crippen LogP contribution in [0.5, 0.6) is 0 Å². The number of ether oxygens (including phenoxy) is 2. The Morgan fingerprint density at radius 1 is 0.529 bits per heavy atom. The smallest absolute Gasteiger partial charge is 0.333 e. The van der Waals surface area contributed by atoms with Crippen molar-refractivity contribution in [2.75, 3.05) is 18.1 Å². The van der Waals surface area contributed by atoms with Crippen molar-refractivity contribution >= 4 is 41.2 Å². The number of carbonyl (C=O) groups excluding carboxylic acids is 2. The second kappa shape index (κ2) is 18.4. The van der Waals surface area contributed by atoms with Crippen LogP contribution in [0.2, 0.25) is 0 Å². The van der Waals surface area contributed by atoms with E-state index in [-0.39, 0.29) is 11.9 Å². The summed E-state index contributed by atoms with van der Waals surface area (Å²) in [5.41, 5.74) is 11.2. The second-order valence-corrected chi connectivity index (χ2v) is 12.9. The molecule has 5 aromatic carbocycles. The van der Waals surface area contributed by atoms with Crippen molar-refractivity contribution in [1.29, 1.82) is 0 Å². The molecule has 5 nitrogen and oxygen atoms in total. The van der Waals surface area contributed by atoms with Crippen molar-refractivity contribution < 1.29 is 19.1 Å². The molecule has 0 atom stereocenters. The Kier molecular flexibility index (Phi) is 13.2. The van der Waals surface area contributed by atoms with Crippen LogP contribution < -0.4 is 4.90 Å². The second-order valence-electron chi connectivity index (χ2n) is 12.9. The minimum atomic E-state index is -0.283. The van der Waals surface area contributed by atoms with Gasteiger partial charge in [-0.3, -0.25) is 0 Å². The lowest BCUT2D eigenvalue weighted by Crippen LogP contribution is -2.11. The van der Waals surface area contributed by atoms with Crippen LogP contribution in [-0.4, -0.2) is 25.2 Å². The van der Waals surface area contributed by atoms with Crippen LogP contribution in [0.3, 0.4) is 0 Å². The summed E-state index contributed by atoms with van der Waals surface area (Å²) in [6, 6.07) is 43.3. The maximum absolute atomic E-state index is 12.5. The van der Waals surface area contributed by atoms with Crippen LogP contribution in [0.25, 0.3) is 12.2 Å². The summed E-state index contributed by atoms with van der Waals surface area (Å²) in [6.07, 6.45) is 6.81. The molecule has 0 amide bonds. The summed E-state index contributed by atoms with van der Waals surface area (Å²) in [4.78, 5) is 27.2. The number of benzene rings is 5. The molecule has 0 aromatic heterocycles. The Bertz CT molecular complexity index is 1820. The van der Waals surface area contributed by atoms with E-state index in [2.05, 4.69) is 85.5 Å². The van der Waals surface area contributed by atoms with Gasteiger partial charge in [-0.2, -0.15) is 0 Å². The number of rotatable bonds is 15. The zero-order valence-corrected chi connectivity index (χ0v) is 30.1. The van der Waals surface area contributed by atoms with Crippen LogP contribution in [0.1, 0.15) is 60.1 Å². The van der Waals surface area contributed by atoms with Crippen LogP contribution in [0.4, 0.5) is 17.1 Å². The maximum atomic E-state index is 12.5. The SMILES string of the molecule is CC(=Cc1ccccc1)C(=O)OCCCc1ccc(N(c2ccc(CCCOC(=O)C(C)=Cc3ccccc3)cc2)c2ccc(C)c(C)c2)cc1. The van der Waals surface area contributed by atoms with Crippen molar-refractivity contribution in [1.82, 2.24) is 0 Å². The van der Waals surface area contributed by atoms with Crippen LogP contribution in [-0.2, 0) is 31.9 Å². The molecule has 0 N–H and O–H groups in total. The average molecular weight is 678 g/mol. The summed E-state index contributed by atoms with van der Waals surface area (Å²) in [7, 11) is 0. The minimum absolute atomic E-state index is 0.283. The lowest BCUT2D eigenvalue weighted by Gasteiger charge is -2.26. The molecular weight excluding hydrogens is 631 g/mol. The van der Waals surface area contributed by atoms with E-state index in [0.717, 1.165) is 53.9 Å². The molecule has 0 unspecified atom stereocenters. The van der Waals surface area contributed by atoms with Gasteiger partial charge in [0, 0.05) is 28.2 Å². The van der Waals surface area contributed by atoms with Gasteiger partial charge in [-0.1, -0.05) is 91.0 Å². The van der Waals surface area contributed by atoms with E-state index in [4.69, 9.17) is 9.47 Å². The molecule has 5 rings (SSSR count). The van der Waals surface area contributed by atoms with E-state index < -0.39 is 0 Å². The maximum Gasteiger partial charge on any atom is 0.333 e. The molecule has 260 valence electrons. The van der Waals surface area contributed by atoms with Crippen LogP contribution in [0.15, 0.2) is 139 Å². The number of hydrogen-bond acceptors (Lipinski definition) is 5. The lowest BCUT2D eigenvalue weighted by molar-refractivity contribution is -0.139. The fourth-order valence-corrected chi connectivity index (χ4v) is 5.76. The normalized spacial score (nSPS) is 11.6. The molecule has 0 aliphatic carbocycles. The van der Waals surface area contributed by atoms with E-state index in [1.54, 1.807) is 13.8 Å². The van der Waals surface area contributed by atoms with E-state index in [1.165, 1.54) is 22.3 Å². The summed E-state index contributed by atoms with van der Waals surface area (Å²) in [6.45, 7) is 8.58. The monoisotopic (exact) mass is 677 g/mol. The van der Waals surface area contributed by atoms with Crippen molar-refractivity contribution in [3.8, 4) is 0 Å². The van der Waals surface area contributed by atoms with Gasteiger partial charge in [0.15, 0.2) is 0 Å². The number of aryl methyl sites for hydroxylation is 4. The van der Waals surface area contributed by atoms with Gasteiger partial charge in [-0.05, 0) is 135 Å². The fourth-order valence-electron chi connectivity index (χ4n) is 5.76. The van der Waals surface area contributed by atoms with Gasteiger partial charge in [0.1, 0.15) is 0 Å². The van der Waals surface area contributed by atoms with Gasteiger partial charge in [0.2, 0.25) is 0 Å². The van der Waals surface area contributed by atoms with Gasteiger partial charge < -0.3 is 14.4 Å². The molecule has 0 spiro atoms. The first-order valence-corrected chi connectivity index (χ1v) is 17.6. The summed E-state index contributed by atoms with van der Waals surface area (Å²) in [5.74, 6) is -0.565. The average Bonchev–Trinajstić information content (AvgIpc) is 3.15. The fraction of sp³-hybridized carbons (Fsp3) is 0.217. The van der Waals surface area contributed by atoms with E-state index >= 15 is 0 Å². The third kappa shape index (κ3) is 10.9. The van der Waals surface area contributed by atoms with Crippen molar-refractivity contribution in [3.05, 3.63) is 172 Å². The molecule has 0 bridgehead atoms. The van der Waals surface area contributed by atoms with Crippen molar-refractivity contribution in [2.45, 2.75) is 53.4 Å². The largest absolute Gasteiger partial charge is 0.462 e. The molecule has 0 radical (unpaired) electrons. The molecule has 0 saturated carbocycles. The molecule has 0 heterocycles. The first-order valence-electron chi connectivity index (χ1n) is 17.6. The molecule has 5 heteroatoms. The zero-order valence-electron chi connectivity index (χ0n) is 30.1. The Hall–Kier alpha value is -5.68. The van der Waals surface area contributed by atoms with Gasteiger partial charge >= 0.3 is 11.9 Å². The molecule has 0 saturated heterocycles. The van der Waals surface area contributed by atoms with Gasteiger partial charge in [0.25, 0.3) is 0 Å². The van der Waals surface area contributed by atoms with E-state index in [1.807, 2.05) is 72.8 Å². The van der Waals surface area contributed by atoms with Gasteiger partial charge in [-0.15, -0.1) is 0 Å². The lowest BCUT2D eigenvalue weighted by atomic mass is 10.1. The van der Waals surface area contributed by atoms with E-state index in [0.29, 0.717) is 24.4 Å². The molecule has 5 aromatic rings. The third-order valence-corrected chi connectivity index (χ3v) is 8.83. The van der Waals surface area contributed by atoms with Crippen molar-refractivity contribution in [2.24, 2.45) is 0 Å². The number of nitrogens with zero attached hydrogens (tertiary/aromatic N) is 1. The highest BCUT2D eigenvalue weighted by Crippen LogP contribution is 2.36. The van der Waals surface area contributed by atoms with Crippen LogP contribution in [0, 0.1) is 13.8 Å².